The molecule has 1 aromatic carbocycles. The quantitative estimate of drug-likeness (QED) is 0.511. The molecule has 1 amide bonds. The molecular weight excluding hydrogens is 408 g/mol. The second-order valence-electron chi connectivity index (χ2n) is 5.88. The Hall–Kier alpha value is -4.16. The van der Waals surface area contributed by atoms with Gasteiger partial charge in [-0.25, -0.2) is 23.7 Å². The first-order valence-electron chi connectivity index (χ1n) is 8.24. The Morgan fingerprint density at radius 3 is 2.60 bits per heavy atom. The molecule has 0 atom stereocenters. The van der Waals surface area contributed by atoms with Gasteiger partial charge in [0.2, 0.25) is 0 Å². The van der Waals surface area contributed by atoms with Crippen LogP contribution in [-0.4, -0.2) is 40.6 Å². The summed E-state index contributed by atoms with van der Waals surface area (Å²) in [6.45, 7) is 0. The number of carbonyl (C=O) groups excluding carboxylic acids is 1. The summed E-state index contributed by atoms with van der Waals surface area (Å²) in [5, 5.41) is 12.9. The molecule has 0 bridgehead atoms. The molecule has 0 spiro atoms. The minimum absolute atomic E-state index is 0.122. The number of amides is 1. The monoisotopic (exact) mass is 418 g/mol. The van der Waals surface area contributed by atoms with Crippen molar-refractivity contribution >= 4 is 11.6 Å². The van der Waals surface area contributed by atoms with Crippen molar-refractivity contribution in [2.24, 2.45) is 0 Å². The number of benzene rings is 1. The highest BCUT2D eigenvalue weighted by molar-refractivity contribution is 6.03. The number of rotatable bonds is 4. The maximum Gasteiger partial charge on any atom is 0.435 e. The van der Waals surface area contributed by atoms with E-state index in [0.717, 1.165) is 12.1 Å². The molecule has 4 aromatic rings. The summed E-state index contributed by atoms with van der Waals surface area (Å²) >= 11 is 0. The van der Waals surface area contributed by atoms with Crippen molar-refractivity contribution < 1.29 is 22.4 Å². The maximum absolute atomic E-state index is 13.6. The topological polar surface area (TPSA) is 103 Å². The van der Waals surface area contributed by atoms with E-state index < -0.39 is 29.3 Å². The lowest BCUT2D eigenvalue weighted by molar-refractivity contribution is -0.143. The number of aromatic nitrogens is 7. The van der Waals surface area contributed by atoms with Crippen LogP contribution in [0.15, 0.2) is 55.2 Å². The van der Waals surface area contributed by atoms with E-state index in [-0.39, 0.29) is 11.4 Å². The molecule has 3 aromatic heterocycles. The van der Waals surface area contributed by atoms with Crippen LogP contribution in [0.2, 0.25) is 0 Å². The molecule has 1 N–H and O–H groups in total. The number of hydrogen-bond donors (Lipinski definition) is 1. The largest absolute Gasteiger partial charge is 0.435 e. The standard InChI is InChI=1S/C17H10F4N8O/c18-10-2-1-3-12(6-10)29-15(17(19,20)21)14(26-27-29)16(30)25-11-4-5-13(23-7-11)28-9-22-8-24-28/h1-9H,(H,25,30). The van der Waals surface area contributed by atoms with Crippen LogP contribution in [0.5, 0.6) is 0 Å². The Bertz CT molecular complexity index is 1190. The number of pyridine rings is 1. The smallest absolute Gasteiger partial charge is 0.319 e. The maximum atomic E-state index is 13.6. The molecule has 152 valence electrons. The van der Waals surface area contributed by atoms with E-state index >= 15 is 0 Å². The predicted molar refractivity (Wildman–Crippen MR) is 93.4 cm³/mol. The third kappa shape index (κ3) is 3.72. The summed E-state index contributed by atoms with van der Waals surface area (Å²) < 4.78 is 56.1. The van der Waals surface area contributed by atoms with Gasteiger partial charge < -0.3 is 5.32 Å². The Morgan fingerprint density at radius 1 is 1.13 bits per heavy atom. The predicted octanol–water partition coefficient (Wildman–Crippen LogP) is 2.65. The molecule has 0 saturated carbocycles. The fourth-order valence-electron chi connectivity index (χ4n) is 2.59. The Kier molecular flexibility index (Phi) is 4.69. The number of nitrogens with one attached hydrogen (secondary N) is 1. The SMILES string of the molecule is O=C(Nc1ccc(-n2cncn2)nc1)c1nnn(-c2cccc(F)c2)c1C(F)(F)F. The second-order valence-corrected chi connectivity index (χ2v) is 5.88. The highest BCUT2D eigenvalue weighted by atomic mass is 19.4. The van der Waals surface area contributed by atoms with Crippen LogP contribution in [0.25, 0.3) is 11.5 Å². The highest BCUT2D eigenvalue weighted by Crippen LogP contribution is 2.33. The average molecular weight is 418 g/mol. The normalized spacial score (nSPS) is 11.5. The lowest BCUT2D eigenvalue weighted by Crippen LogP contribution is -2.21. The Balaban J connectivity index is 1.64. The van der Waals surface area contributed by atoms with Crippen molar-refractivity contribution in [3.8, 4) is 11.5 Å². The summed E-state index contributed by atoms with van der Waals surface area (Å²) in [6.07, 6.45) is -1.03. The van der Waals surface area contributed by atoms with Gasteiger partial charge in [-0.15, -0.1) is 5.10 Å². The molecule has 0 fully saturated rings. The van der Waals surface area contributed by atoms with Gasteiger partial charge in [0.15, 0.2) is 17.2 Å². The number of alkyl halides is 3. The van der Waals surface area contributed by atoms with Crippen molar-refractivity contribution in [2.75, 3.05) is 5.32 Å². The molecule has 0 aliphatic carbocycles. The van der Waals surface area contributed by atoms with Gasteiger partial charge in [0.25, 0.3) is 5.91 Å². The second kappa shape index (κ2) is 7.35. The van der Waals surface area contributed by atoms with E-state index in [1.807, 2.05) is 0 Å². The zero-order valence-corrected chi connectivity index (χ0v) is 14.7. The molecule has 0 radical (unpaired) electrons. The van der Waals surface area contributed by atoms with Crippen LogP contribution in [0.4, 0.5) is 23.2 Å². The minimum Gasteiger partial charge on any atom is -0.319 e. The number of halogens is 4. The van der Waals surface area contributed by atoms with Gasteiger partial charge in [-0.3, -0.25) is 4.79 Å². The lowest BCUT2D eigenvalue weighted by atomic mass is 10.2. The number of hydrogen-bond acceptors (Lipinski definition) is 6. The van der Waals surface area contributed by atoms with E-state index in [1.54, 1.807) is 0 Å². The van der Waals surface area contributed by atoms with Gasteiger partial charge in [-0.1, -0.05) is 11.3 Å². The van der Waals surface area contributed by atoms with Crippen LogP contribution in [0, 0.1) is 5.82 Å². The average Bonchev–Trinajstić information content (AvgIpc) is 3.38. The summed E-state index contributed by atoms with van der Waals surface area (Å²) in [5.74, 6) is -1.53. The van der Waals surface area contributed by atoms with Gasteiger partial charge >= 0.3 is 6.18 Å². The van der Waals surface area contributed by atoms with Crippen LogP contribution in [-0.2, 0) is 6.18 Å². The molecular formula is C17H10F4N8O. The van der Waals surface area contributed by atoms with Crippen LogP contribution in [0.1, 0.15) is 16.2 Å². The van der Waals surface area contributed by atoms with Gasteiger partial charge in [0.05, 0.1) is 17.6 Å². The van der Waals surface area contributed by atoms with E-state index in [4.69, 9.17) is 0 Å². The Labute approximate surface area is 165 Å². The summed E-state index contributed by atoms with van der Waals surface area (Å²) in [4.78, 5) is 20.3. The van der Waals surface area contributed by atoms with Gasteiger partial charge in [0.1, 0.15) is 18.5 Å². The molecule has 4 rings (SSSR count). The molecule has 0 aliphatic heterocycles. The van der Waals surface area contributed by atoms with E-state index in [9.17, 15) is 22.4 Å². The summed E-state index contributed by atoms with van der Waals surface area (Å²) in [7, 11) is 0. The van der Waals surface area contributed by atoms with E-state index in [0.29, 0.717) is 10.5 Å². The van der Waals surface area contributed by atoms with Crippen LogP contribution < -0.4 is 5.32 Å². The first kappa shape index (κ1) is 19.2. The third-order valence-electron chi connectivity index (χ3n) is 3.87. The Morgan fingerprint density at radius 2 is 1.97 bits per heavy atom. The van der Waals surface area contributed by atoms with E-state index in [1.165, 1.54) is 47.8 Å². The van der Waals surface area contributed by atoms with Crippen LogP contribution >= 0.6 is 0 Å². The van der Waals surface area contributed by atoms with Crippen molar-refractivity contribution in [3.63, 3.8) is 0 Å². The molecule has 13 heteroatoms. The number of anilines is 1. The summed E-state index contributed by atoms with van der Waals surface area (Å²) in [5.41, 5.74) is -2.50. The third-order valence-corrected chi connectivity index (χ3v) is 3.87. The highest BCUT2D eigenvalue weighted by Gasteiger charge is 2.42. The fraction of sp³-hybridized carbons (Fsp3) is 0.0588. The molecule has 3 heterocycles. The lowest BCUT2D eigenvalue weighted by Gasteiger charge is -2.11. The number of carbonyl (C=O) groups is 1. The minimum atomic E-state index is -4.97. The summed E-state index contributed by atoms with van der Waals surface area (Å²) in [6, 6.07) is 7.25. The molecule has 9 nitrogen and oxygen atoms in total. The molecule has 30 heavy (non-hydrogen) atoms. The fourth-order valence-corrected chi connectivity index (χ4v) is 2.59. The molecule has 0 saturated heterocycles. The zero-order valence-electron chi connectivity index (χ0n) is 14.7. The molecule has 0 aliphatic rings. The molecule has 0 unspecified atom stereocenters. The van der Waals surface area contributed by atoms with Gasteiger partial charge in [-0.2, -0.15) is 18.3 Å². The van der Waals surface area contributed by atoms with Crippen molar-refractivity contribution in [1.29, 1.82) is 0 Å². The van der Waals surface area contributed by atoms with Crippen molar-refractivity contribution in [1.82, 2.24) is 34.7 Å². The first-order valence-corrected chi connectivity index (χ1v) is 8.24. The van der Waals surface area contributed by atoms with E-state index in [2.05, 4.69) is 30.7 Å². The first-order chi connectivity index (χ1) is 14.3. The van der Waals surface area contributed by atoms with Gasteiger partial charge in [0, 0.05) is 0 Å². The van der Waals surface area contributed by atoms with Crippen molar-refractivity contribution in [2.45, 2.75) is 6.18 Å². The van der Waals surface area contributed by atoms with Gasteiger partial charge in [-0.05, 0) is 30.3 Å². The van der Waals surface area contributed by atoms with Crippen LogP contribution in [0.3, 0.4) is 0 Å². The number of nitrogens with zero attached hydrogens (tertiary/aromatic N) is 7. The zero-order chi connectivity index (χ0) is 21.3. The van der Waals surface area contributed by atoms with Crippen molar-refractivity contribution in [3.05, 3.63) is 72.5 Å².